The molecule has 1 unspecified atom stereocenters. The van der Waals surface area contributed by atoms with Crippen molar-refractivity contribution >= 4 is 17.7 Å². The van der Waals surface area contributed by atoms with Gasteiger partial charge in [-0.1, -0.05) is 5.16 Å². The quantitative estimate of drug-likeness (QED) is 0.651. The third kappa shape index (κ3) is 3.75. The standard InChI is InChI=1S/C7H11N3O3S/c8-5(7(11)12)1-2-14-3-6-9-4-10-13-6/h4-5H,1-3,8H2,(H,11,12). The molecule has 0 saturated heterocycles. The van der Waals surface area contributed by atoms with Crippen molar-refractivity contribution in [1.82, 2.24) is 10.1 Å². The van der Waals surface area contributed by atoms with E-state index in [-0.39, 0.29) is 0 Å². The molecule has 0 aliphatic rings. The smallest absolute Gasteiger partial charge is 0.320 e. The van der Waals surface area contributed by atoms with Crippen molar-refractivity contribution in [3.63, 3.8) is 0 Å². The molecule has 0 saturated carbocycles. The van der Waals surface area contributed by atoms with Crippen LogP contribution in [0.3, 0.4) is 0 Å². The van der Waals surface area contributed by atoms with E-state index in [2.05, 4.69) is 10.1 Å². The van der Waals surface area contributed by atoms with Crippen LogP contribution in [0, 0.1) is 0 Å². The van der Waals surface area contributed by atoms with Crippen LogP contribution in [0.4, 0.5) is 0 Å². The average Bonchev–Trinajstić information content (AvgIpc) is 2.64. The van der Waals surface area contributed by atoms with Crippen LogP contribution in [0.25, 0.3) is 0 Å². The van der Waals surface area contributed by atoms with Crippen molar-refractivity contribution in [1.29, 1.82) is 0 Å². The maximum absolute atomic E-state index is 10.3. The Morgan fingerprint density at radius 1 is 1.79 bits per heavy atom. The van der Waals surface area contributed by atoms with Crippen molar-refractivity contribution in [2.45, 2.75) is 18.2 Å². The Balaban J connectivity index is 2.08. The van der Waals surface area contributed by atoms with Crippen LogP contribution < -0.4 is 5.73 Å². The lowest BCUT2D eigenvalue weighted by atomic mass is 10.2. The SMILES string of the molecule is NC(CCSCc1ncno1)C(=O)O. The fraction of sp³-hybridized carbons (Fsp3) is 0.571. The summed E-state index contributed by atoms with van der Waals surface area (Å²) in [4.78, 5) is 14.2. The Morgan fingerprint density at radius 3 is 3.14 bits per heavy atom. The van der Waals surface area contributed by atoms with Crippen LogP contribution in [0.1, 0.15) is 12.3 Å². The van der Waals surface area contributed by atoms with Crippen LogP contribution in [-0.2, 0) is 10.5 Å². The molecule has 3 N–H and O–H groups in total. The van der Waals surface area contributed by atoms with Crippen molar-refractivity contribution in [3.05, 3.63) is 12.2 Å². The molecule has 0 radical (unpaired) electrons. The Morgan fingerprint density at radius 2 is 2.57 bits per heavy atom. The largest absolute Gasteiger partial charge is 0.480 e. The summed E-state index contributed by atoms with van der Waals surface area (Å²) < 4.78 is 4.76. The molecule has 0 spiro atoms. The maximum atomic E-state index is 10.3. The molecular formula is C7H11N3O3S. The number of thioether (sulfide) groups is 1. The van der Waals surface area contributed by atoms with Crippen molar-refractivity contribution in [2.75, 3.05) is 5.75 Å². The third-order valence-corrected chi connectivity index (χ3v) is 2.50. The van der Waals surface area contributed by atoms with Gasteiger partial charge >= 0.3 is 5.97 Å². The number of aromatic nitrogens is 2. The molecule has 1 aromatic rings. The zero-order chi connectivity index (χ0) is 10.4. The van der Waals surface area contributed by atoms with E-state index in [9.17, 15) is 4.79 Å². The zero-order valence-corrected chi connectivity index (χ0v) is 8.24. The lowest BCUT2D eigenvalue weighted by Crippen LogP contribution is -2.30. The van der Waals surface area contributed by atoms with Crippen LogP contribution in [0.2, 0.25) is 0 Å². The monoisotopic (exact) mass is 217 g/mol. The molecule has 0 aliphatic carbocycles. The van der Waals surface area contributed by atoms with Crippen LogP contribution in [-0.4, -0.2) is 33.0 Å². The van der Waals surface area contributed by atoms with Crippen LogP contribution >= 0.6 is 11.8 Å². The van der Waals surface area contributed by atoms with Gasteiger partial charge in [-0.25, -0.2) is 0 Å². The van der Waals surface area contributed by atoms with E-state index in [0.29, 0.717) is 23.8 Å². The summed E-state index contributed by atoms with van der Waals surface area (Å²) in [6.07, 6.45) is 1.77. The average molecular weight is 217 g/mol. The summed E-state index contributed by atoms with van der Waals surface area (Å²) in [5.41, 5.74) is 5.31. The molecule has 0 aliphatic heterocycles. The highest BCUT2D eigenvalue weighted by molar-refractivity contribution is 7.98. The van der Waals surface area contributed by atoms with Crippen molar-refractivity contribution in [3.8, 4) is 0 Å². The van der Waals surface area contributed by atoms with E-state index in [4.69, 9.17) is 15.4 Å². The maximum Gasteiger partial charge on any atom is 0.320 e. The lowest BCUT2D eigenvalue weighted by molar-refractivity contribution is -0.138. The van der Waals surface area contributed by atoms with E-state index in [0.717, 1.165) is 0 Å². The fourth-order valence-corrected chi connectivity index (χ4v) is 1.62. The Hall–Kier alpha value is -1.08. The number of hydrogen-bond acceptors (Lipinski definition) is 6. The third-order valence-electron chi connectivity index (χ3n) is 1.52. The van der Waals surface area contributed by atoms with Gasteiger partial charge < -0.3 is 15.4 Å². The predicted molar refractivity (Wildman–Crippen MR) is 50.7 cm³/mol. The van der Waals surface area contributed by atoms with Gasteiger partial charge in [0.2, 0.25) is 5.89 Å². The van der Waals surface area contributed by atoms with Crippen LogP contribution in [0.5, 0.6) is 0 Å². The number of carboxylic acid groups (broad SMARTS) is 1. The van der Waals surface area contributed by atoms with Gasteiger partial charge in [-0.05, 0) is 12.2 Å². The molecule has 6 nitrogen and oxygen atoms in total. The van der Waals surface area contributed by atoms with Crippen molar-refractivity contribution < 1.29 is 14.4 Å². The normalized spacial score (nSPS) is 12.6. The molecule has 1 rings (SSSR count). The van der Waals surface area contributed by atoms with E-state index in [1.165, 1.54) is 18.1 Å². The minimum Gasteiger partial charge on any atom is -0.480 e. The highest BCUT2D eigenvalue weighted by Crippen LogP contribution is 2.10. The highest BCUT2D eigenvalue weighted by Gasteiger charge is 2.10. The lowest BCUT2D eigenvalue weighted by Gasteiger charge is -2.03. The summed E-state index contributed by atoms with van der Waals surface area (Å²) in [6.45, 7) is 0. The molecule has 0 amide bonds. The van der Waals surface area contributed by atoms with E-state index in [1.54, 1.807) is 0 Å². The van der Waals surface area contributed by atoms with E-state index >= 15 is 0 Å². The molecule has 14 heavy (non-hydrogen) atoms. The number of nitrogens with zero attached hydrogens (tertiary/aromatic N) is 2. The van der Waals surface area contributed by atoms with Gasteiger partial charge in [0.15, 0.2) is 6.33 Å². The first-order valence-corrected chi connectivity index (χ1v) is 5.17. The number of rotatable bonds is 6. The Bertz CT molecular complexity index is 278. The molecule has 78 valence electrons. The van der Waals surface area contributed by atoms with Gasteiger partial charge in [0, 0.05) is 0 Å². The molecule has 0 bridgehead atoms. The molecule has 0 aromatic carbocycles. The topological polar surface area (TPSA) is 102 Å². The van der Waals surface area contributed by atoms with Gasteiger partial charge in [-0.15, -0.1) is 0 Å². The minimum absolute atomic E-state index is 0.439. The van der Waals surface area contributed by atoms with Gasteiger partial charge in [0.05, 0.1) is 5.75 Å². The Kier molecular flexibility index (Phi) is 4.41. The first-order valence-electron chi connectivity index (χ1n) is 4.02. The van der Waals surface area contributed by atoms with Gasteiger partial charge in [0.1, 0.15) is 6.04 Å². The summed E-state index contributed by atoms with van der Waals surface area (Å²) in [5, 5.41) is 11.9. The number of aliphatic carboxylic acids is 1. The molecular weight excluding hydrogens is 206 g/mol. The summed E-state index contributed by atoms with van der Waals surface area (Å²) in [6, 6.07) is -0.787. The first-order chi connectivity index (χ1) is 6.70. The first kappa shape index (κ1) is 11.0. The minimum atomic E-state index is -0.969. The van der Waals surface area contributed by atoms with E-state index in [1.807, 2.05) is 0 Å². The second kappa shape index (κ2) is 5.61. The predicted octanol–water partition coefficient (Wildman–Crippen LogP) is 0.105. The Labute approximate surface area is 84.9 Å². The molecule has 1 heterocycles. The fourth-order valence-electron chi connectivity index (χ4n) is 0.753. The molecule has 1 aromatic heterocycles. The summed E-state index contributed by atoms with van der Waals surface area (Å²) >= 11 is 1.52. The van der Waals surface area contributed by atoms with Crippen molar-refractivity contribution in [2.24, 2.45) is 5.73 Å². The number of carboxylic acids is 1. The summed E-state index contributed by atoms with van der Waals surface area (Å²) in [7, 11) is 0. The number of nitrogens with two attached hydrogens (primary N) is 1. The van der Waals surface area contributed by atoms with E-state index < -0.39 is 12.0 Å². The number of hydrogen-bond donors (Lipinski definition) is 2. The highest BCUT2D eigenvalue weighted by atomic mass is 32.2. The van der Waals surface area contributed by atoms with Gasteiger partial charge in [0.25, 0.3) is 0 Å². The number of carbonyl (C=O) groups is 1. The second-order valence-corrected chi connectivity index (χ2v) is 3.73. The zero-order valence-electron chi connectivity index (χ0n) is 7.42. The molecule has 7 heteroatoms. The molecule has 1 atom stereocenters. The van der Waals surface area contributed by atoms with Crippen LogP contribution in [0.15, 0.2) is 10.9 Å². The second-order valence-electron chi connectivity index (χ2n) is 2.62. The molecule has 0 fully saturated rings. The summed E-state index contributed by atoms with van der Waals surface area (Å²) in [5.74, 6) is 0.824. The van der Waals surface area contributed by atoms with Gasteiger partial charge in [-0.2, -0.15) is 16.7 Å². The van der Waals surface area contributed by atoms with Gasteiger partial charge in [-0.3, -0.25) is 4.79 Å².